The average molecular weight is 845 g/mol. The third-order valence-corrected chi connectivity index (χ3v) is 9.12. The van der Waals surface area contributed by atoms with Crippen molar-refractivity contribution in [2.24, 2.45) is 5.41 Å². The van der Waals surface area contributed by atoms with Crippen LogP contribution in [0.4, 0.5) is 8.78 Å². The predicted octanol–water partition coefficient (Wildman–Crippen LogP) is 6.98. The second-order valence-electron chi connectivity index (χ2n) is 14.6. The van der Waals surface area contributed by atoms with Gasteiger partial charge in [-0.05, 0) is 80.5 Å². The highest BCUT2D eigenvalue weighted by Crippen LogP contribution is 2.34. The molecule has 330 valence electrons. The monoisotopic (exact) mass is 844 g/mol. The Kier molecular flexibility index (Phi) is 22.7. The number of halogens is 2. The number of hydrogen-bond donors (Lipinski definition) is 0. The molecule has 0 unspecified atom stereocenters. The molecular formula is C45H58F2O13. The molecule has 0 aliphatic rings. The maximum atomic E-state index is 15.7. The third-order valence-electron chi connectivity index (χ3n) is 9.12. The van der Waals surface area contributed by atoms with E-state index in [1.165, 1.54) is 58.4 Å². The Hall–Kier alpha value is -5.28. The van der Waals surface area contributed by atoms with E-state index in [1.54, 1.807) is 0 Å². The Bertz CT molecular complexity index is 1760. The Labute approximate surface area is 350 Å². The molecule has 15 heteroatoms. The normalized spacial score (nSPS) is 11.1. The highest BCUT2D eigenvalue weighted by molar-refractivity contribution is 6.34. The summed E-state index contributed by atoms with van der Waals surface area (Å²) in [6, 6.07) is 7.06. The maximum absolute atomic E-state index is 15.7. The van der Waals surface area contributed by atoms with Crippen molar-refractivity contribution in [1.29, 1.82) is 0 Å². The number of methoxy groups -OCH3 is 2. The number of hydrogen-bond acceptors (Lipinski definition) is 13. The molecular weight excluding hydrogens is 786 g/mol. The van der Waals surface area contributed by atoms with E-state index >= 15 is 8.78 Å². The van der Waals surface area contributed by atoms with E-state index in [9.17, 15) is 28.8 Å². The molecule has 2 aromatic rings. The second-order valence-corrected chi connectivity index (χ2v) is 14.6. The quantitative estimate of drug-likeness (QED) is 0.0260. The number of esters is 4. The van der Waals surface area contributed by atoms with Crippen LogP contribution in [0.3, 0.4) is 0 Å². The van der Waals surface area contributed by atoms with E-state index in [4.69, 9.17) is 33.2 Å². The number of rotatable bonds is 30. The Morgan fingerprint density at radius 3 is 1.65 bits per heavy atom. The van der Waals surface area contributed by atoms with Crippen molar-refractivity contribution in [2.75, 3.05) is 60.5 Å². The van der Waals surface area contributed by atoms with E-state index in [0.717, 1.165) is 32.1 Å². The minimum atomic E-state index is -1.74. The fourth-order valence-corrected chi connectivity index (χ4v) is 5.61. The molecule has 0 aliphatic heterocycles. The van der Waals surface area contributed by atoms with Crippen LogP contribution in [-0.4, -0.2) is 95.9 Å². The summed E-state index contributed by atoms with van der Waals surface area (Å²) in [4.78, 5) is 75.0. The molecule has 2 aromatic carbocycles. The van der Waals surface area contributed by atoms with Gasteiger partial charge in [-0.1, -0.05) is 51.8 Å². The Morgan fingerprint density at radius 1 is 0.617 bits per heavy atom. The molecule has 0 atom stereocenters. The van der Waals surface area contributed by atoms with E-state index < -0.39 is 78.9 Å². The molecule has 0 aliphatic carbocycles. The first-order valence-electron chi connectivity index (χ1n) is 19.8. The van der Waals surface area contributed by atoms with E-state index in [2.05, 4.69) is 20.1 Å². The van der Waals surface area contributed by atoms with Gasteiger partial charge in [-0.15, -0.1) is 0 Å². The van der Waals surface area contributed by atoms with Crippen molar-refractivity contribution in [3.8, 4) is 16.9 Å². The SMILES string of the molecule is C=C(C)C(=O)OCCCc1cc(-c2c(F)cc(CCCCCCC)cc2F)ccc1OCC(COC(=O)C(=C)C)(COC(=O)C(=O)CCOC)COC(=O)C(=O)CCOC. The minimum absolute atomic E-state index is 0.00740. The van der Waals surface area contributed by atoms with Gasteiger partial charge in [0.05, 0.1) is 25.4 Å². The van der Waals surface area contributed by atoms with Crippen LogP contribution in [0.5, 0.6) is 5.75 Å². The van der Waals surface area contributed by atoms with Crippen LogP contribution in [0.25, 0.3) is 11.1 Å². The summed E-state index contributed by atoms with van der Waals surface area (Å²) in [5, 5.41) is 0. The van der Waals surface area contributed by atoms with Gasteiger partial charge in [-0.2, -0.15) is 0 Å². The van der Waals surface area contributed by atoms with Gasteiger partial charge in [0.25, 0.3) is 0 Å². The molecule has 0 heterocycles. The summed E-state index contributed by atoms with van der Waals surface area (Å²) in [5.74, 6) is -7.19. The molecule has 0 radical (unpaired) electrons. The number of Topliss-reactive ketones (excluding diaryl/α,β-unsaturated/α-hetero) is 2. The van der Waals surface area contributed by atoms with Crippen molar-refractivity contribution in [3.63, 3.8) is 0 Å². The molecule has 13 nitrogen and oxygen atoms in total. The maximum Gasteiger partial charge on any atom is 0.374 e. The number of ketones is 2. The topological polar surface area (TPSA) is 167 Å². The predicted molar refractivity (Wildman–Crippen MR) is 217 cm³/mol. The number of carbonyl (C=O) groups excluding carboxylic acids is 6. The lowest BCUT2D eigenvalue weighted by molar-refractivity contribution is -0.169. The molecule has 60 heavy (non-hydrogen) atoms. The van der Waals surface area contributed by atoms with Gasteiger partial charge in [-0.25, -0.2) is 28.0 Å². The first kappa shape index (κ1) is 50.9. The minimum Gasteiger partial charge on any atom is -0.492 e. The van der Waals surface area contributed by atoms with Crippen molar-refractivity contribution in [3.05, 3.63) is 77.4 Å². The lowest BCUT2D eigenvalue weighted by Gasteiger charge is -2.32. The standard InChI is InChI=1S/C45H58F2O13/c1-8-9-10-11-12-14-32-23-35(46)40(36(47)24-32)34-16-17-39(33(25-34)15-13-20-56-41(50)30(2)3)57-26-45(27-58-42(51)31(4)5,28-59-43(52)37(48)18-21-54-6)29-60-44(53)38(49)19-22-55-7/h16-17,23-25H,2,4,8-15,18-22,26-29H2,1,3,5-7H3. The van der Waals surface area contributed by atoms with Crippen molar-refractivity contribution < 1.29 is 70.7 Å². The molecule has 0 spiro atoms. The Morgan fingerprint density at radius 2 is 1.13 bits per heavy atom. The van der Waals surface area contributed by atoms with Gasteiger partial charge in [0.1, 0.15) is 49.2 Å². The first-order chi connectivity index (χ1) is 28.6. The van der Waals surface area contributed by atoms with E-state index in [1.807, 2.05) is 0 Å². The van der Waals surface area contributed by atoms with Gasteiger partial charge < -0.3 is 33.2 Å². The molecule has 0 bridgehead atoms. The fraction of sp³-hybridized carbons (Fsp3) is 0.511. The van der Waals surface area contributed by atoms with Crippen LogP contribution < -0.4 is 4.74 Å². The average Bonchev–Trinajstić information content (AvgIpc) is 3.22. The zero-order valence-corrected chi connectivity index (χ0v) is 35.4. The number of unbranched alkanes of at least 4 members (excludes halogenated alkanes) is 4. The second kappa shape index (κ2) is 26.7. The number of carbonyl (C=O) groups is 6. The molecule has 2 rings (SSSR count). The zero-order valence-electron chi connectivity index (χ0n) is 35.4. The summed E-state index contributed by atoms with van der Waals surface area (Å²) < 4.78 is 68.7. The number of ether oxygens (including phenoxy) is 7. The van der Waals surface area contributed by atoms with Crippen LogP contribution in [-0.2, 0) is 70.0 Å². The number of benzene rings is 2. The van der Waals surface area contributed by atoms with Gasteiger partial charge >= 0.3 is 23.9 Å². The van der Waals surface area contributed by atoms with Crippen molar-refractivity contribution in [1.82, 2.24) is 0 Å². The summed E-state index contributed by atoms with van der Waals surface area (Å²) in [6.07, 6.45) is 5.29. The van der Waals surface area contributed by atoms with Crippen LogP contribution in [0.1, 0.15) is 83.3 Å². The number of aryl methyl sites for hydroxylation is 2. The molecule has 0 amide bonds. The van der Waals surface area contributed by atoms with E-state index in [0.29, 0.717) is 17.5 Å². The zero-order chi connectivity index (χ0) is 44.7. The van der Waals surface area contributed by atoms with Crippen LogP contribution >= 0.6 is 0 Å². The lowest BCUT2D eigenvalue weighted by atomic mass is 9.91. The largest absolute Gasteiger partial charge is 0.492 e. The third kappa shape index (κ3) is 17.5. The van der Waals surface area contributed by atoms with Crippen molar-refractivity contribution in [2.45, 2.75) is 85.0 Å². The van der Waals surface area contributed by atoms with Gasteiger partial charge in [0, 0.05) is 38.2 Å². The summed E-state index contributed by atoms with van der Waals surface area (Å²) >= 11 is 0. The molecule has 0 saturated heterocycles. The van der Waals surface area contributed by atoms with E-state index in [-0.39, 0.29) is 73.5 Å². The van der Waals surface area contributed by atoms with Gasteiger partial charge in [0.2, 0.25) is 11.6 Å². The molecule has 0 N–H and O–H groups in total. The van der Waals surface area contributed by atoms with Gasteiger partial charge in [-0.3, -0.25) is 9.59 Å². The van der Waals surface area contributed by atoms with Gasteiger partial charge in [0.15, 0.2) is 0 Å². The first-order valence-corrected chi connectivity index (χ1v) is 19.8. The van der Waals surface area contributed by atoms with Crippen molar-refractivity contribution >= 4 is 35.4 Å². The molecule has 0 fully saturated rings. The highest BCUT2D eigenvalue weighted by atomic mass is 19.1. The summed E-state index contributed by atoms with van der Waals surface area (Å²) in [6.45, 7) is 9.39. The van der Waals surface area contributed by atoms with Crippen LogP contribution in [0.2, 0.25) is 0 Å². The Balaban J connectivity index is 2.59. The lowest BCUT2D eigenvalue weighted by Crippen LogP contribution is -2.45. The molecule has 0 aromatic heterocycles. The van der Waals surface area contributed by atoms with Crippen LogP contribution in [0.15, 0.2) is 54.6 Å². The highest BCUT2D eigenvalue weighted by Gasteiger charge is 2.39. The smallest absolute Gasteiger partial charge is 0.374 e. The summed E-state index contributed by atoms with van der Waals surface area (Å²) in [5.41, 5.74) is -0.663. The molecule has 0 saturated carbocycles. The van der Waals surface area contributed by atoms with Crippen LogP contribution in [0, 0.1) is 17.0 Å². The summed E-state index contributed by atoms with van der Waals surface area (Å²) in [7, 11) is 2.68. The fourth-order valence-electron chi connectivity index (χ4n) is 5.61.